The van der Waals surface area contributed by atoms with Crippen molar-refractivity contribution in [1.29, 1.82) is 0 Å². The zero-order chi connectivity index (χ0) is 28.8. The van der Waals surface area contributed by atoms with Crippen LogP contribution in [0.4, 0.5) is 21.9 Å². The van der Waals surface area contributed by atoms with Crippen LogP contribution in [0.15, 0.2) is 24.4 Å². The Morgan fingerprint density at radius 3 is 2.56 bits per heavy atom. The molecule has 17 heteroatoms. The number of benzene rings is 1. The maximum Gasteiger partial charge on any atom is 0.326 e. The van der Waals surface area contributed by atoms with Crippen LogP contribution in [0.5, 0.6) is 0 Å². The lowest BCUT2D eigenvalue weighted by Gasteiger charge is -2.24. The molecule has 1 aromatic carbocycles. The Morgan fingerprint density at radius 2 is 1.90 bits per heavy atom. The zero-order valence-electron chi connectivity index (χ0n) is 21.6. The molecule has 0 radical (unpaired) electrons. The number of likely N-dealkylation sites (N-methyl/N-ethyl adjacent to an activating group) is 1. The molecule has 2 amide bonds. The average molecular weight is 553 g/mol. The first-order valence-electron chi connectivity index (χ1n) is 12.0. The number of unbranched alkanes of at least 4 members (excludes halogenated alkanes) is 1. The average Bonchev–Trinajstić information content (AvgIpc) is 3.36. The second kappa shape index (κ2) is 15.8. The maximum absolute atomic E-state index is 11.7. The van der Waals surface area contributed by atoms with Gasteiger partial charge in [0.05, 0.1) is 48.5 Å². The standard InChI is InChI=1S/C22H32N8O9/c1-23-22(33)27(2)19(21(31)32)5-3-4-9-28-14-16(25-26-28)15-39-12-11-38-10-8-24-18-7-6-17(29(34)35)13-20(18)30(36)37/h6-7,13-14,19,24H,3-5,8-12,15H2,1-2H3,(H,23,33)(H,31,32)/t19-/m0/s1. The molecular formula is C22H32N8O9. The van der Waals surface area contributed by atoms with Gasteiger partial charge in [-0.1, -0.05) is 5.21 Å². The number of nitrogens with one attached hydrogen (secondary N) is 2. The Balaban J connectivity index is 1.60. The molecule has 0 bridgehead atoms. The van der Waals surface area contributed by atoms with Crippen molar-refractivity contribution in [2.45, 2.75) is 38.5 Å². The van der Waals surface area contributed by atoms with E-state index in [9.17, 15) is 34.9 Å². The van der Waals surface area contributed by atoms with Crippen molar-refractivity contribution in [3.8, 4) is 0 Å². The molecule has 1 atom stereocenters. The second-order valence-corrected chi connectivity index (χ2v) is 8.30. The van der Waals surface area contributed by atoms with Crippen molar-refractivity contribution in [2.24, 2.45) is 0 Å². The minimum Gasteiger partial charge on any atom is -0.480 e. The summed E-state index contributed by atoms with van der Waals surface area (Å²) in [4.78, 5) is 44.8. The third-order valence-corrected chi connectivity index (χ3v) is 5.56. The first kappa shape index (κ1) is 30.8. The van der Waals surface area contributed by atoms with E-state index >= 15 is 0 Å². The van der Waals surface area contributed by atoms with Gasteiger partial charge in [0.25, 0.3) is 11.4 Å². The van der Waals surface area contributed by atoms with Gasteiger partial charge in [-0.2, -0.15) is 0 Å². The summed E-state index contributed by atoms with van der Waals surface area (Å²) >= 11 is 0. The molecule has 1 aromatic heterocycles. The van der Waals surface area contributed by atoms with E-state index < -0.39 is 33.6 Å². The van der Waals surface area contributed by atoms with E-state index in [0.717, 1.165) is 6.07 Å². The third kappa shape index (κ3) is 10.1. The number of rotatable bonds is 18. The van der Waals surface area contributed by atoms with Gasteiger partial charge in [0.15, 0.2) is 0 Å². The number of carbonyl (C=O) groups is 2. The van der Waals surface area contributed by atoms with E-state index in [0.29, 0.717) is 31.5 Å². The normalized spacial score (nSPS) is 11.5. The van der Waals surface area contributed by atoms with Crippen LogP contribution in [0.2, 0.25) is 0 Å². The number of aryl methyl sites for hydroxylation is 1. The number of hydrogen-bond donors (Lipinski definition) is 3. The highest BCUT2D eigenvalue weighted by Gasteiger charge is 2.25. The maximum atomic E-state index is 11.7. The van der Waals surface area contributed by atoms with E-state index in [-0.39, 0.29) is 44.3 Å². The molecule has 39 heavy (non-hydrogen) atoms. The molecule has 0 spiro atoms. The number of carboxylic acids is 1. The fraction of sp³-hybridized carbons (Fsp3) is 0.545. The Morgan fingerprint density at radius 1 is 1.15 bits per heavy atom. The molecule has 0 saturated carbocycles. The van der Waals surface area contributed by atoms with Crippen molar-refractivity contribution >= 4 is 29.1 Å². The van der Waals surface area contributed by atoms with E-state index in [1.807, 2.05) is 0 Å². The van der Waals surface area contributed by atoms with Crippen LogP contribution in [0.3, 0.4) is 0 Å². The predicted molar refractivity (Wildman–Crippen MR) is 136 cm³/mol. The van der Waals surface area contributed by atoms with E-state index in [4.69, 9.17) is 9.47 Å². The molecule has 0 aliphatic carbocycles. The van der Waals surface area contributed by atoms with Gasteiger partial charge in [0.1, 0.15) is 17.4 Å². The number of aromatic nitrogens is 3. The van der Waals surface area contributed by atoms with Crippen molar-refractivity contribution < 1.29 is 34.0 Å². The topological polar surface area (TPSA) is 217 Å². The van der Waals surface area contributed by atoms with Gasteiger partial charge in [0, 0.05) is 33.3 Å². The number of non-ortho nitro benzene ring substituents is 1. The Bertz CT molecular complexity index is 1130. The van der Waals surface area contributed by atoms with Crippen LogP contribution in [0.1, 0.15) is 25.0 Å². The van der Waals surface area contributed by atoms with E-state index in [1.54, 1.807) is 10.9 Å². The smallest absolute Gasteiger partial charge is 0.326 e. The first-order valence-corrected chi connectivity index (χ1v) is 12.0. The van der Waals surface area contributed by atoms with Crippen LogP contribution in [0, 0.1) is 20.2 Å². The van der Waals surface area contributed by atoms with Gasteiger partial charge < -0.3 is 30.1 Å². The third-order valence-electron chi connectivity index (χ3n) is 5.56. The molecule has 0 saturated heterocycles. The van der Waals surface area contributed by atoms with Crippen LogP contribution < -0.4 is 10.6 Å². The summed E-state index contributed by atoms with van der Waals surface area (Å²) in [6, 6.07) is 1.99. The highest BCUT2D eigenvalue weighted by Crippen LogP contribution is 2.28. The summed E-state index contributed by atoms with van der Waals surface area (Å²) in [7, 11) is 2.89. The van der Waals surface area contributed by atoms with Gasteiger partial charge >= 0.3 is 12.0 Å². The number of amides is 2. The van der Waals surface area contributed by atoms with Crippen LogP contribution in [0.25, 0.3) is 0 Å². The van der Waals surface area contributed by atoms with E-state index in [2.05, 4.69) is 20.9 Å². The van der Waals surface area contributed by atoms with Crippen molar-refractivity contribution in [1.82, 2.24) is 25.2 Å². The highest BCUT2D eigenvalue weighted by molar-refractivity contribution is 5.82. The number of carboxylic acid groups (broad SMARTS) is 1. The summed E-state index contributed by atoms with van der Waals surface area (Å²) in [5.41, 5.74) is 0.0205. The number of nitrogens with zero attached hydrogens (tertiary/aromatic N) is 6. The lowest BCUT2D eigenvalue weighted by atomic mass is 10.1. The number of aliphatic carboxylic acids is 1. The van der Waals surface area contributed by atoms with Crippen molar-refractivity contribution in [3.05, 3.63) is 50.3 Å². The Kier molecular flexibility index (Phi) is 12.5. The minimum atomic E-state index is -1.06. The fourth-order valence-corrected chi connectivity index (χ4v) is 3.51. The minimum absolute atomic E-state index is 0.159. The van der Waals surface area contributed by atoms with Crippen LogP contribution in [-0.4, -0.2) is 93.3 Å². The SMILES string of the molecule is CNC(=O)N(C)[C@@H](CCCCn1cc(COCCOCCNc2ccc([N+](=O)[O-])cc2[N+](=O)[O-])nn1)C(=O)O. The second-order valence-electron chi connectivity index (χ2n) is 8.30. The van der Waals surface area contributed by atoms with Crippen molar-refractivity contribution in [3.63, 3.8) is 0 Å². The fourth-order valence-electron chi connectivity index (χ4n) is 3.51. The van der Waals surface area contributed by atoms with Gasteiger partial charge in [-0.15, -0.1) is 5.10 Å². The molecule has 0 aliphatic rings. The Labute approximate surface area is 223 Å². The largest absolute Gasteiger partial charge is 0.480 e. The zero-order valence-corrected chi connectivity index (χ0v) is 21.6. The number of hydrogen-bond acceptors (Lipinski definition) is 11. The summed E-state index contributed by atoms with van der Waals surface area (Å²) in [6.45, 7) is 1.78. The van der Waals surface area contributed by atoms with Crippen LogP contribution >= 0.6 is 0 Å². The summed E-state index contributed by atoms with van der Waals surface area (Å²) in [5, 5.41) is 44.6. The van der Waals surface area contributed by atoms with Gasteiger partial charge in [-0.05, 0) is 25.3 Å². The molecule has 1 heterocycles. The summed E-state index contributed by atoms with van der Waals surface area (Å²) < 4.78 is 12.6. The monoisotopic (exact) mass is 552 g/mol. The lowest BCUT2D eigenvalue weighted by molar-refractivity contribution is -0.393. The van der Waals surface area contributed by atoms with Gasteiger partial charge in [0.2, 0.25) is 0 Å². The molecule has 0 aliphatic heterocycles. The molecule has 3 N–H and O–H groups in total. The molecule has 2 rings (SSSR count). The van der Waals surface area contributed by atoms with Gasteiger partial charge in [-0.25, -0.2) is 9.59 Å². The number of nitro groups is 2. The number of ether oxygens (including phenoxy) is 2. The van der Waals surface area contributed by atoms with E-state index in [1.165, 1.54) is 31.1 Å². The Hall–Kier alpha value is -4.38. The van der Waals surface area contributed by atoms with Crippen LogP contribution in [-0.2, 0) is 27.4 Å². The molecular weight excluding hydrogens is 520 g/mol. The molecule has 2 aromatic rings. The molecule has 0 unspecified atom stereocenters. The number of carbonyl (C=O) groups excluding carboxylic acids is 1. The lowest BCUT2D eigenvalue weighted by Crippen LogP contribution is -2.46. The molecule has 17 nitrogen and oxygen atoms in total. The van der Waals surface area contributed by atoms with Crippen molar-refractivity contribution in [2.75, 3.05) is 45.8 Å². The summed E-state index contributed by atoms with van der Waals surface area (Å²) in [6.07, 6.45) is 3.27. The molecule has 0 fully saturated rings. The predicted octanol–water partition coefficient (Wildman–Crippen LogP) is 1.63. The highest BCUT2D eigenvalue weighted by atomic mass is 16.6. The quantitative estimate of drug-likeness (QED) is 0.137. The van der Waals surface area contributed by atoms with Gasteiger partial charge in [-0.3, -0.25) is 24.9 Å². The number of nitro benzene ring substituents is 2. The first-order chi connectivity index (χ1) is 18.6. The number of anilines is 1. The summed E-state index contributed by atoms with van der Waals surface area (Å²) in [5.74, 6) is -1.06. The molecule has 214 valence electrons. The number of urea groups is 1.